The van der Waals surface area contributed by atoms with Gasteiger partial charge in [-0.3, -0.25) is 4.79 Å². The van der Waals surface area contributed by atoms with E-state index in [0.29, 0.717) is 47.3 Å². The van der Waals surface area contributed by atoms with Crippen molar-refractivity contribution in [2.24, 2.45) is 0 Å². The fourth-order valence-corrected chi connectivity index (χ4v) is 2.35. The van der Waals surface area contributed by atoms with Crippen LogP contribution in [0.1, 0.15) is 29.8 Å². The molecule has 0 amide bonds. The lowest BCUT2D eigenvalue weighted by atomic mass is 10.0. The Labute approximate surface area is 142 Å². The van der Waals surface area contributed by atoms with Crippen LogP contribution in [0.2, 0.25) is 0 Å². The van der Waals surface area contributed by atoms with Gasteiger partial charge in [-0.25, -0.2) is 0 Å². The molecule has 0 N–H and O–H groups in total. The standard InChI is InChI=1S/C19H22O5/c1-5-23-14-8-10-16(18(12-14)24-6-2)19(20)15-9-7-13(21-3)11-17(15)22-4/h7-12H,5-6H2,1-4H3. The third kappa shape index (κ3) is 3.79. The number of rotatable bonds is 8. The number of benzene rings is 2. The van der Waals surface area contributed by atoms with Crippen LogP contribution < -0.4 is 18.9 Å². The molecule has 0 saturated heterocycles. The minimum absolute atomic E-state index is 0.180. The highest BCUT2D eigenvalue weighted by molar-refractivity contribution is 6.12. The van der Waals surface area contributed by atoms with E-state index in [-0.39, 0.29) is 5.78 Å². The van der Waals surface area contributed by atoms with Gasteiger partial charge in [-0.05, 0) is 38.1 Å². The van der Waals surface area contributed by atoms with Crippen molar-refractivity contribution in [3.05, 3.63) is 47.5 Å². The van der Waals surface area contributed by atoms with E-state index in [0.717, 1.165) is 0 Å². The molecule has 2 rings (SSSR count). The molecule has 0 radical (unpaired) electrons. The first-order valence-corrected chi connectivity index (χ1v) is 7.80. The second-order valence-electron chi connectivity index (χ2n) is 4.92. The Bertz CT molecular complexity index is 709. The van der Waals surface area contributed by atoms with Crippen LogP contribution in [0.5, 0.6) is 23.0 Å². The van der Waals surface area contributed by atoms with E-state index in [4.69, 9.17) is 18.9 Å². The molecule has 0 fully saturated rings. The van der Waals surface area contributed by atoms with Crippen molar-refractivity contribution in [2.45, 2.75) is 13.8 Å². The van der Waals surface area contributed by atoms with Gasteiger partial charge >= 0.3 is 0 Å². The van der Waals surface area contributed by atoms with Crippen LogP contribution in [0.25, 0.3) is 0 Å². The Kier molecular flexibility index (Phi) is 6.07. The number of carbonyl (C=O) groups excluding carboxylic acids is 1. The first kappa shape index (κ1) is 17.7. The van der Waals surface area contributed by atoms with Crippen LogP contribution in [0.4, 0.5) is 0 Å². The minimum atomic E-state index is -0.180. The lowest BCUT2D eigenvalue weighted by molar-refractivity contribution is 0.103. The molecular formula is C19H22O5. The first-order valence-electron chi connectivity index (χ1n) is 7.80. The van der Waals surface area contributed by atoms with Gasteiger partial charge in [0, 0.05) is 12.1 Å². The Balaban J connectivity index is 2.45. The first-order chi connectivity index (χ1) is 11.6. The quantitative estimate of drug-likeness (QED) is 0.690. The highest BCUT2D eigenvalue weighted by atomic mass is 16.5. The normalized spacial score (nSPS) is 10.2. The Hall–Kier alpha value is -2.69. The van der Waals surface area contributed by atoms with Crippen LogP contribution in [-0.2, 0) is 0 Å². The van der Waals surface area contributed by atoms with Crippen LogP contribution >= 0.6 is 0 Å². The summed E-state index contributed by atoms with van der Waals surface area (Å²) in [6, 6.07) is 10.3. The molecular weight excluding hydrogens is 308 g/mol. The molecule has 5 heteroatoms. The second-order valence-corrected chi connectivity index (χ2v) is 4.92. The zero-order valence-corrected chi connectivity index (χ0v) is 14.4. The smallest absolute Gasteiger partial charge is 0.200 e. The molecule has 0 bridgehead atoms. The van der Waals surface area contributed by atoms with Crippen molar-refractivity contribution in [3.63, 3.8) is 0 Å². The van der Waals surface area contributed by atoms with Crippen molar-refractivity contribution < 1.29 is 23.7 Å². The molecule has 0 spiro atoms. The number of carbonyl (C=O) groups is 1. The maximum absolute atomic E-state index is 12.9. The molecule has 0 aromatic heterocycles. The molecule has 0 atom stereocenters. The molecule has 0 saturated carbocycles. The lowest BCUT2D eigenvalue weighted by Gasteiger charge is -2.14. The summed E-state index contributed by atoms with van der Waals surface area (Å²) in [4.78, 5) is 12.9. The Morgan fingerprint density at radius 3 is 1.96 bits per heavy atom. The van der Waals surface area contributed by atoms with Gasteiger partial charge in [-0.15, -0.1) is 0 Å². The van der Waals surface area contributed by atoms with Gasteiger partial charge in [0.15, 0.2) is 5.78 Å². The third-order valence-corrected chi connectivity index (χ3v) is 3.46. The topological polar surface area (TPSA) is 54.0 Å². The largest absolute Gasteiger partial charge is 0.497 e. The van der Waals surface area contributed by atoms with E-state index in [1.54, 1.807) is 43.5 Å². The summed E-state index contributed by atoms with van der Waals surface area (Å²) in [5, 5.41) is 0. The zero-order chi connectivity index (χ0) is 17.5. The molecule has 0 heterocycles. The maximum Gasteiger partial charge on any atom is 0.200 e. The maximum atomic E-state index is 12.9. The molecule has 5 nitrogen and oxygen atoms in total. The fourth-order valence-electron chi connectivity index (χ4n) is 2.35. The van der Waals surface area contributed by atoms with E-state index in [9.17, 15) is 4.79 Å². The monoisotopic (exact) mass is 330 g/mol. The van der Waals surface area contributed by atoms with Gasteiger partial charge in [-0.2, -0.15) is 0 Å². The van der Waals surface area contributed by atoms with E-state index in [2.05, 4.69) is 0 Å². The molecule has 0 aliphatic heterocycles. The average Bonchev–Trinajstić information content (AvgIpc) is 2.61. The van der Waals surface area contributed by atoms with Crippen LogP contribution in [0.3, 0.4) is 0 Å². The fraction of sp³-hybridized carbons (Fsp3) is 0.316. The van der Waals surface area contributed by atoms with Crippen LogP contribution in [0.15, 0.2) is 36.4 Å². The second kappa shape index (κ2) is 8.24. The molecule has 2 aromatic rings. The SMILES string of the molecule is CCOc1ccc(C(=O)c2ccc(OC)cc2OC)c(OCC)c1. The number of methoxy groups -OCH3 is 2. The van der Waals surface area contributed by atoms with E-state index in [1.165, 1.54) is 7.11 Å². The number of hydrogen-bond donors (Lipinski definition) is 0. The summed E-state index contributed by atoms with van der Waals surface area (Å²) in [5.74, 6) is 2.06. The predicted molar refractivity (Wildman–Crippen MR) is 91.8 cm³/mol. The van der Waals surface area contributed by atoms with E-state index in [1.807, 2.05) is 13.8 Å². The van der Waals surface area contributed by atoms with Gasteiger partial charge in [-0.1, -0.05) is 0 Å². The van der Waals surface area contributed by atoms with Gasteiger partial charge in [0.1, 0.15) is 23.0 Å². The summed E-state index contributed by atoms with van der Waals surface area (Å²) < 4.78 is 21.6. The Morgan fingerprint density at radius 1 is 0.792 bits per heavy atom. The van der Waals surface area contributed by atoms with Gasteiger partial charge in [0.05, 0.1) is 38.6 Å². The Morgan fingerprint density at radius 2 is 1.38 bits per heavy atom. The molecule has 0 unspecified atom stereocenters. The molecule has 128 valence electrons. The molecule has 0 aliphatic rings. The van der Waals surface area contributed by atoms with Gasteiger partial charge in [0.2, 0.25) is 0 Å². The van der Waals surface area contributed by atoms with Crippen molar-refractivity contribution in [3.8, 4) is 23.0 Å². The van der Waals surface area contributed by atoms with E-state index < -0.39 is 0 Å². The van der Waals surface area contributed by atoms with Crippen molar-refractivity contribution in [1.29, 1.82) is 0 Å². The molecule has 2 aromatic carbocycles. The average molecular weight is 330 g/mol. The van der Waals surface area contributed by atoms with Gasteiger partial charge < -0.3 is 18.9 Å². The van der Waals surface area contributed by atoms with Crippen LogP contribution in [-0.4, -0.2) is 33.2 Å². The number of hydrogen-bond acceptors (Lipinski definition) is 5. The molecule has 0 aliphatic carbocycles. The lowest BCUT2D eigenvalue weighted by Crippen LogP contribution is -2.08. The minimum Gasteiger partial charge on any atom is -0.497 e. The summed E-state index contributed by atoms with van der Waals surface area (Å²) in [6.45, 7) is 4.78. The highest BCUT2D eigenvalue weighted by Crippen LogP contribution is 2.31. The summed E-state index contributed by atoms with van der Waals surface area (Å²) in [7, 11) is 3.09. The summed E-state index contributed by atoms with van der Waals surface area (Å²) >= 11 is 0. The number of ether oxygens (including phenoxy) is 4. The predicted octanol–water partition coefficient (Wildman–Crippen LogP) is 3.73. The summed E-state index contributed by atoms with van der Waals surface area (Å²) in [6.07, 6.45) is 0. The van der Waals surface area contributed by atoms with Gasteiger partial charge in [0.25, 0.3) is 0 Å². The highest BCUT2D eigenvalue weighted by Gasteiger charge is 2.20. The van der Waals surface area contributed by atoms with Crippen molar-refractivity contribution >= 4 is 5.78 Å². The third-order valence-electron chi connectivity index (χ3n) is 3.46. The van der Waals surface area contributed by atoms with Crippen molar-refractivity contribution in [1.82, 2.24) is 0 Å². The number of ketones is 1. The summed E-state index contributed by atoms with van der Waals surface area (Å²) in [5.41, 5.74) is 0.909. The van der Waals surface area contributed by atoms with Crippen LogP contribution in [0, 0.1) is 0 Å². The molecule has 24 heavy (non-hydrogen) atoms. The van der Waals surface area contributed by atoms with E-state index >= 15 is 0 Å². The zero-order valence-electron chi connectivity index (χ0n) is 14.4. The van der Waals surface area contributed by atoms with Crippen molar-refractivity contribution in [2.75, 3.05) is 27.4 Å².